The molecule has 2 aliphatic rings. The summed E-state index contributed by atoms with van der Waals surface area (Å²) in [5.41, 5.74) is 5.75. The van der Waals surface area contributed by atoms with Gasteiger partial charge in [-0.05, 0) is 12.8 Å². The lowest BCUT2D eigenvalue weighted by atomic mass is 10.4. The average Bonchev–Trinajstić information content (AvgIpc) is 3.03. The van der Waals surface area contributed by atoms with Gasteiger partial charge in [-0.3, -0.25) is 9.89 Å². The Balaban J connectivity index is 1.59. The van der Waals surface area contributed by atoms with E-state index in [0.717, 1.165) is 13.1 Å². The predicted octanol–water partition coefficient (Wildman–Crippen LogP) is 0.102. The van der Waals surface area contributed by atoms with E-state index < -0.39 is 0 Å². The number of hydrogen-bond acceptors (Lipinski definition) is 3. The van der Waals surface area contributed by atoms with Gasteiger partial charge >= 0.3 is 0 Å². The highest BCUT2D eigenvalue weighted by Gasteiger charge is 2.21. The van der Waals surface area contributed by atoms with Crippen LogP contribution in [-0.4, -0.2) is 54.6 Å². The zero-order chi connectivity index (χ0) is 10.5. The Morgan fingerprint density at radius 2 is 2.13 bits per heavy atom. The summed E-state index contributed by atoms with van der Waals surface area (Å²) in [6.45, 7) is 4.29. The molecule has 1 saturated carbocycles. The minimum absolute atomic E-state index is 0.611. The fraction of sp³-hybridized carbons (Fsp3) is 0.900. The van der Waals surface area contributed by atoms with Gasteiger partial charge in [0.15, 0.2) is 5.96 Å². The number of rotatable bonds is 4. The van der Waals surface area contributed by atoms with Crippen LogP contribution in [0.1, 0.15) is 12.8 Å². The van der Waals surface area contributed by atoms with Crippen molar-refractivity contribution in [1.82, 2.24) is 10.2 Å². The van der Waals surface area contributed by atoms with Crippen LogP contribution >= 0.6 is 11.8 Å². The second-order valence-corrected chi connectivity index (χ2v) is 5.36. The molecule has 0 unspecified atom stereocenters. The smallest absolute Gasteiger partial charge is 0.188 e. The van der Waals surface area contributed by atoms with Gasteiger partial charge < -0.3 is 11.1 Å². The highest BCUT2D eigenvalue weighted by atomic mass is 32.2. The van der Waals surface area contributed by atoms with E-state index in [1.165, 1.54) is 37.4 Å². The SMILES string of the molecule is NC(=NCCN1CCSCC1)NC1CC1. The van der Waals surface area contributed by atoms with E-state index in [1.54, 1.807) is 0 Å². The maximum absolute atomic E-state index is 5.75. The van der Waals surface area contributed by atoms with Crippen LogP contribution in [0.3, 0.4) is 0 Å². The molecule has 0 radical (unpaired) electrons. The molecule has 4 nitrogen and oxygen atoms in total. The molecule has 1 saturated heterocycles. The normalized spacial score (nSPS) is 24.1. The van der Waals surface area contributed by atoms with Crippen LogP contribution in [0, 0.1) is 0 Å². The van der Waals surface area contributed by atoms with E-state index in [4.69, 9.17) is 5.73 Å². The summed E-state index contributed by atoms with van der Waals surface area (Å²) in [4.78, 5) is 6.80. The van der Waals surface area contributed by atoms with Crippen LogP contribution in [0.5, 0.6) is 0 Å². The van der Waals surface area contributed by atoms with Gasteiger partial charge in [-0.1, -0.05) is 0 Å². The topological polar surface area (TPSA) is 53.6 Å². The van der Waals surface area contributed by atoms with Crippen molar-refractivity contribution in [1.29, 1.82) is 0 Å². The number of thioether (sulfide) groups is 1. The molecular weight excluding hydrogens is 208 g/mol. The first-order chi connectivity index (χ1) is 7.34. The lowest BCUT2D eigenvalue weighted by Crippen LogP contribution is -2.36. The average molecular weight is 228 g/mol. The van der Waals surface area contributed by atoms with Gasteiger partial charge in [-0.2, -0.15) is 11.8 Å². The Morgan fingerprint density at radius 3 is 2.80 bits per heavy atom. The third kappa shape index (κ3) is 4.30. The molecule has 2 rings (SSSR count). The third-order valence-corrected chi connectivity index (χ3v) is 3.67. The van der Waals surface area contributed by atoms with Crippen LogP contribution in [0.2, 0.25) is 0 Å². The van der Waals surface area contributed by atoms with E-state index in [1.807, 2.05) is 11.8 Å². The molecule has 5 heteroatoms. The van der Waals surface area contributed by atoms with Gasteiger partial charge in [-0.15, -0.1) is 0 Å². The fourth-order valence-corrected chi connectivity index (χ4v) is 2.60. The first-order valence-corrected chi connectivity index (χ1v) is 6.86. The van der Waals surface area contributed by atoms with Crippen LogP contribution in [-0.2, 0) is 0 Å². The molecule has 0 spiro atoms. The van der Waals surface area contributed by atoms with Gasteiger partial charge in [0.2, 0.25) is 0 Å². The number of aliphatic imine (C=N–C) groups is 1. The summed E-state index contributed by atoms with van der Waals surface area (Å²) in [6.07, 6.45) is 2.50. The molecule has 1 aliphatic heterocycles. The summed E-state index contributed by atoms with van der Waals surface area (Å²) in [5, 5.41) is 3.20. The summed E-state index contributed by atoms with van der Waals surface area (Å²) in [6, 6.07) is 0.611. The van der Waals surface area contributed by atoms with Gasteiger partial charge in [0.05, 0.1) is 6.54 Å². The monoisotopic (exact) mass is 228 g/mol. The van der Waals surface area contributed by atoms with Crippen molar-refractivity contribution in [2.45, 2.75) is 18.9 Å². The molecule has 3 N–H and O–H groups in total. The Labute approximate surface area is 95.7 Å². The maximum atomic E-state index is 5.75. The Kier molecular flexibility index (Phi) is 4.14. The van der Waals surface area contributed by atoms with Gasteiger partial charge in [-0.25, -0.2) is 0 Å². The molecule has 0 aromatic carbocycles. The van der Waals surface area contributed by atoms with Crippen molar-refractivity contribution in [3.63, 3.8) is 0 Å². The van der Waals surface area contributed by atoms with Gasteiger partial charge in [0, 0.05) is 37.2 Å². The Hall–Kier alpha value is -0.420. The summed E-state index contributed by atoms with van der Waals surface area (Å²) in [7, 11) is 0. The lowest BCUT2D eigenvalue weighted by Gasteiger charge is -2.25. The van der Waals surface area contributed by atoms with Gasteiger partial charge in [0.25, 0.3) is 0 Å². The quantitative estimate of drug-likeness (QED) is 0.529. The summed E-state index contributed by atoms with van der Waals surface area (Å²) < 4.78 is 0. The molecule has 0 amide bonds. The van der Waals surface area contributed by atoms with Crippen molar-refractivity contribution in [3.05, 3.63) is 0 Å². The number of nitrogens with two attached hydrogens (primary N) is 1. The largest absolute Gasteiger partial charge is 0.370 e. The second-order valence-electron chi connectivity index (χ2n) is 4.14. The van der Waals surface area contributed by atoms with Gasteiger partial charge in [0.1, 0.15) is 0 Å². The standard InChI is InChI=1S/C10H20N4S/c11-10(13-9-1-2-9)12-3-4-14-5-7-15-8-6-14/h9H,1-8H2,(H3,11,12,13). The zero-order valence-electron chi connectivity index (χ0n) is 9.11. The zero-order valence-corrected chi connectivity index (χ0v) is 9.93. The van der Waals surface area contributed by atoms with Crippen molar-refractivity contribution in [3.8, 4) is 0 Å². The van der Waals surface area contributed by atoms with E-state index in [0.29, 0.717) is 12.0 Å². The van der Waals surface area contributed by atoms with E-state index in [-0.39, 0.29) is 0 Å². The van der Waals surface area contributed by atoms with Crippen LogP contribution in [0.4, 0.5) is 0 Å². The lowest BCUT2D eigenvalue weighted by molar-refractivity contribution is 0.311. The highest BCUT2D eigenvalue weighted by molar-refractivity contribution is 7.99. The fourth-order valence-electron chi connectivity index (χ4n) is 1.62. The Morgan fingerprint density at radius 1 is 1.40 bits per heavy atom. The van der Waals surface area contributed by atoms with Crippen LogP contribution in [0.15, 0.2) is 4.99 Å². The molecule has 0 aromatic heterocycles. The number of nitrogens with one attached hydrogen (secondary N) is 1. The minimum Gasteiger partial charge on any atom is -0.370 e. The minimum atomic E-state index is 0.611. The number of guanidine groups is 1. The number of hydrogen-bond donors (Lipinski definition) is 2. The van der Waals surface area contributed by atoms with Crippen molar-refractivity contribution in [2.24, 2.45) is 10.7 Å². The summed E-state index contributed by atoms with van der Waals surface area (Å²) >= 11 is 2.04. The second kappa shape index (κ2) is 5.61. The Bertz CT molecular complexity index is 221. The molecular formula is C10H20N4S. The third-order valence-electron chi connectivity index (χ3n) is 2.73. The van der Waals surface area contributed by atoms with Crippen molar-refractivity contribution < 1.29 is 0 Å². The van der Waals surface area contributed by atoms with E-state index >= 15 is 0 Å². The molecule has 1 heterocycles. The molecule has 0 aromatic rings. The molecule has 15 heavy (non-hydrogen) atoms. The summed E-state index contributed by atoms with van der Waals surface area (Å²) in [5.74, 6) is 3.16. The maximum Gasteiger partial charge on any atom is 0.188 e. The van der Waals surface area contributed by atoms with Crippen LogP contribution in [0.25, 0.3) is 0 Å². The molecule has 2 fully saturated rings. The van der Waals surface area contributed by atoms with Crippen LogP contribution < -0.4 is 11.1 Å². The first kappa shape index (κ1) is 11.1. The molecule has 1 aliphatic carbocycles. The molecule has 0 atom stereocenters. The molecule has 86 valence electrons. The van der Waals surface area contributed by atoms with E-state index in [2.05, 4.69) is 15.2 Å². The van der Waals surface area contributed by atoms with Crippen molar-refractivity contribution >= 4 is 17.7 Å². The number of nitrogens with zero attached hydrogens (tertiary/aromatic N) is 2. The molecule has 0 bridgehead atoms. The highest BCUT2D eigenvalue weighted by Crippen LogP contribution is 2.17. The van der Waals surface area contributed by atoms with Crippen molar-refractivity contribution in [2.75, 3.05) is 37.7 Å². The first-order valence-electron chi connectivity index (χ1n) is 5.71. The predicted molar refractivity (Wildman–Crippen MR) is 66.4 cm³/mol. The van der Waals surface area contributed by atoms with E-state index in [9.17, 15) is 0 Å².